The van der Waals surface area contributed by atoms with E-state index >= 15 is 0 Å². The van der Waals surface area contributed by atoms with Gasteiger partial charge < -0.3 is 4.74 Å². The first kappa shape index (κ1) is 10.7. The number of benzene rings is 2. The van der Waals surface area contributed by atoms with Crippen LogP contribution in [0.25, 0.3) is 0 Å². The van der Waals surface area contributed by atoms with Gasteiger partial charge in [-0.25, -0.2) is 0 Å². The lowest BCUT2D eigenvalue weighted by Crippen LogP contribution is -1.92. The molecule has 0 spiro atoms. The summed E-state index contributed by atoms with van der Waals surface area (Å²) < 4.78 is 5.63. The molecule has 2 aromatic carbocycles. The second-order valence-electron chi connectivity index (χ2n) is 3.97. The molecule has 16 heavy (non-hydrogen) atoms. The van der Waals surface area contributed by atoms with Crippen LogP contribution < -0.4 is 4.74 Å². The van der Waals surface area contributed by atoms with Gasteiger partial charge in [0.2, 0.25) is 0 Å². The molecule has 2 rings (SSSR count). The monoisotopic (exact) mass is 211 g/mol. The summed E-state index contributed by atoms with van der Waals surface area (Å²) in [5, 5.41) is 0. The Bertz CT molecular complexity index is 440. The van der Waals surface area contributed by atoms with E-state index in [1.165, 1.54) is 11.1 Å². The second kappa shape index (κ2) is 4.84. The summed E-state index contributed by atoms with van der Waals surface area (Å²) >= 11 is 0. The van der Waals surface area contributed by atoms with Crippen LogP contribution in [0.3, 0.4) is 0 Å². The first-order chi connectivity index (χ1) is 7.74. The molecule has 0 amide bonds. The van der Waals surface area contributed by atoms with Gasteiger partial charge in [0.1, 0.15) is 5.75 Å². The smallest absolute Gasteiger partial charge is 0.165 e. The Hall–Kier alpha value is -1.76. The maximum Gasteiger partial charge on any atom is 0.165 e. The fourth-order valence-corrected chi connectivity index (χ4v) is 1.67. The fraction of sp³-hybridized carbons (Fsp3) is 0.133. The van der Waals surface area contributed by atoms with Crippen molar-refractivity contribution >= 4 is 0 Å². The minimum Gasteiger partial charge on any atom is -0.481 e. The third-order valence-corrected chi connectivity index (χ3v) is 2.33. The van der Waals surface area contributed by atoms with Crippen molar-refractivity contribution < 1.29 is 4.74 Å². The molecular formula is C15H15O. The molecule has 0 saturated heterocycles. The highest BCUT2D eigenvalue weighted by Gasteiger charge is 1.98. The van der Waals surface area contributed by atoms with E-state index in [-0.39, 0.29) is 0 Å². The van der Waals surface area contributed by atoms with Gasteiger partial charge in [0.25, 0.3) is 0 Å². The van der Waals surface area contributed by atoms with Crippen molar-refractivity contribution in [1.82, 2.24) is 0 Å². The van der Waals surface area contributed by atoms with Crippen molar-refractivity contribution in [2.24, 2.45) is 0 Å². The van der Waals surface area contributed by atoms with Crippen LogP contribution in [-0.2, 0) is 0 Å². The summed E-state index contributed by atoms with van der Waals surface area (Å²) in [5.41, 5.74) is 3.51. The number of hydrogen-bond acceptors (Lipinski definition) is 1. The van der Waals surface area contributed by atoms with Gasteiger partial charge in [-0.15, -0.1) is 0 Å². The van der Waals surface area contributed by atoms with Crippen LogP contribution in [0.5, 0.6) is 5.75 Å². The minimum absolute atomic E-state index is 0.890. The summed E-state index contributed by atoms with van der Waals surface area (Å²) in [6, 6.07) is 16.2. The highest BCUT2D eigenvalue weighted by Crippen LogP contribution is 2.18. The molecule has 0 aromatic heterocycles. The summed E-state index contributed by atoms with van der Waals surface area (Å²) in [4.78, 5) is 0. The van der Waals surface area contributed by atoms with Gasteiger partial charge in [-0.2, -0.15) is 0 Å². The largest absolute Gasteiger partial charge is 0.481 e. The van der Waals surface area contributed by atoms with Crippen molar-refractivity contribution in [3.05, 3.63) is 71.8 Å². The van der Waals surface area contributed by atoms with E-state index in [9.17, 15) is 0 Å². The number of ether oxygens (including phenoxy) is 1. The Morgan fingerprint density at radius 3 is 2.12 bits per heavy atom. The number of rotatable bonds is 3. The second-order valence-corrected chi connectivity index (χ2v) is 3.97. The molecule has 0 fully saturated rings. The highest BCUT2D eigenvalue weighted by atomic mass is 16.5. The predicted molar refractivity (Wildman–Crippen MR) is 66.4 cm³/mol. The molecule has 0 unspecified atom stereocenters. The Morgan fingerprint density at radius 1 is 0.875 bits per heavy atom. The molecule has 0 heterocycles. The van der Waals surface area contributed by atoms with E-state index in [1.807, 2.05) is 42.5 Å². The third kappa shape index (κ3) is 2.86. The molecule has 0 saturated carbocycles. The van der Waals surface area contributed by atoms with E-state index in [4.69, 9.17) is 4.74 Å². The Morgan fingerprint density at radius 2 is 1.50 bits per heavy atom. The van der Waals surface area contributed by atoms with E-state index in [0.29, 0.717) is 0 Å². The van der Waals surface area contributed by atoms with Gasteiger partial charge in [-0.05, 0) is 42.7 Å². The van der Waals surface area contributed by atoms with Gasteiger partial charge in [-0.3, -0.25) is 0 Å². The van der Waals surface area contributed by atoms with Crippen molar-refractivity contribution in [2.45, 2.75) is 13.8 Å². The molecule has 0 N–H and O–H groups in total. The Balaban J connectivity index is 2.05. The maximum atomic E-state index is 5.63. The molecule has 2 aromatic rings. The number of hydrogen-bond donors (Lipinski definition) is 0. The van der Waals surface area contributed by atoms with E-state index in [0.717, 1.165) is 11.3 Å². The Labute approximate surface area is 96.7 Å². The third-order valence-electron chi connectivity index (χ3n) is 2.33. The highest BCUT2D eigenvalue weighted by molar-refractivity contribution is 5.34. The zero-order chi connectivity index (χ0) is 11.4. The van der Waals surface area contributed by atoms with Crippen LogP contribution in [0.1, 0.15) is 16.7 Å². The predicted octanol–water partition coefficient (Wildman–Crippen LogP) is 3.89. The first-order valence-corrected chi connectivity index (χ1v) is 5.37. The van der Waals surface area contributed by atoms with E-state index < -0.39 is 0 Å². The molecule has 1 radical (unpaired) electrons. The van der Waals surface area contributed by atoms with E-state index in [1.54, 1.807) is 6.61 Å². The first-order valence-electron chi connectivity index (χ1n) is 5.37. The Kier molecular flexibility index (Phi) is 3.25. The number of aryl methyl sites for hydroxylation is 2. The standard InChI is InChI=1S/C15H15O/c1-12-8-13(2)10-15(9-12)16-11-14-6-4-3-5-7-14/h3-11H,1-2H3. The lowest BCUT2D eigenvalue weighted by Gasteiger charge is -2.07. The van der Waals surface area contributed by atoms with Crippen LogP contribution >= 0.6 is 0 Å². The van der Waals surface area contributed by atoms with Crippen LogP contribution in [0, 0.1) is 20.5 Å². The minimum atomic E-state index is 0.890. The van der Waals surface area contributed by atoms with Crippen LogP contribution in [0.4, 0.5) is 0 Å². The molecule has 0 aliphatic heterocycles. The fourth-order valence-electron chi connectivity index (χ4n) is 1.67. The van der Waals surface area contributed by atoms with Gasteiger partial charge in [0.05, 0.1) is 0 Å². The van der Waals surface area contributed by atoms with Crippen molar-refractivity contribution in [1.29, 1.82) is 0 Å². The van der Waals surface area contributed by atoms with Gasteiger partial charge in [-0.1, -0.05) is 36.4 Å². The van der Waals surface area contributed by atoms with Crippen molar-refractivity contribution in [3.8, 4) is 5.75 Å². The summed E-state index contributed by atoms with van der Waals surface area (Å²) in [5.74, 6) is 0.890. The van der Waals surface area contributed by atoms with Gasteiger partial charge in [0.15, 0.2) is 6.61 Å². The molecule has 1 heteroatoms. The van der Waals surface area contributed by atoms with Gasteiger partial charge >= 0.3 is 0 Å². The van der Waals surface area contributed by atoms with E-state index in [2.05, 4.69) is 19.9 Å². The zero-order valence-corrected chi connectivity index (χ0v) is 9.60. The van der Waals surface area contributed by atoms with Crippen LogP contribution in [0.15, 0.2) is 48.5 Å². The normalized spacial score (nSPS) is 10.1. The molecule has 0 atom stereocenters. The summed E-state index contributed by atoms with van der Waals surface area (Å²) in [6.45, 7) is 5.92. The molecule has 1 nitrogen and oxygen atoms in total. The van der Waals surface area contributed by atoms with Crippen LogP contribution in [0.2, 0.25) is 0 Å². The zero-order valence-electron chi connectivity index (χ0n) is 9.60. The average Bonchev–Trinajstić information content (AvgIpc) is 2.27. The average molecular weight is 211 g/mol. The molecule has 0 bridgehead atoms. The summed E-state index contributed by atoms with van der Waals surface area (Å²) in [7, 11) is 0. The summed E-state index contributed by atoms with van der Waals surface area (Å²) in [6.07, 6.45) is 0. The van der Waals surface area contributed by atoms with Crippen molar-refractivity contribution in [2.75, 3.05) is 0 Å². The molecule has 0 aliphatic rings. The lowest BCUT2D eigenvalue weighted by atomic mass is 10.1. The topological polar surface area (TPSA) is 9.23 Å². The lowest BCUT2D eigenvalue weighted by molar-refractivity contribution is 0.428. The SMILES string of the molecule is Cc1cc(C)cc(O[CH]c2ccccc2)c1. The molecule has 0 aliphatic carbocycles. The van der Waals surface area contributed by atoms with Crippen molar-refractivity contribution in [3.63, 3.8) is 0 Å². The molecule has 81 valence electrons. The molecular weight excluding hydrogens is 196 g/mol. The van der Waals surface area contributed by atoms with Crippen LogP contribution in [-0.4, -0.2) is 0 Å². The quantitative estimate of drug-likeness (QED) is 0.748. The van der Waals surface area contributed by atoms with Gasteiger partial charge in [0, 0.05) is 0 Å². The maximum absolute atomic E-state index is 5.63.